The second-order valence-corrected chi connectivity index (χ2v) is 5.74. The van der Waals surface area contributed by atoms with E-state index in [1.54, 1.807) is 6.20 Å². The molecule has 0 spiro atoms. The zero-order valence-electron chi connectivity index (χ0n) is 8.73. The summed E-state index contributed by atoms with van der Waals surface area (Å²) >= 11 is 10.9. The summed E-state index contributed by atoms with van der Waals surface area (Å²) in [7, 11) is 0. The minimum atomic E-state index is -0.0414. The van der Waals surface area contributed by atoms with Gasteiger partial charge in [0, 0.05) is 20.6 Å². The molecule has 1 heterocycles. The smallest absolute Gasteiger partial charge is 0.101 e. The molecule has 0 aliphatic carbocycles. The Bertz CT molecular complexity index is 518. The largest absolute Gasteiger partial charge is 0.392 e. The van der Waals surface area contributed by atoms with Crippen LogP contribution in [0.15, 0.2) is 50.9 Å². The van der Waals surface area contributed by atoms with E-state index in [0.717, 1.165) is 20.0 Å². The molecule has 0 saturated heterocycles. The first-order valence-electron chi connectivity index (χ1n) is 4.88. The molecule has 0 saturated carbocycles. The number of nitrogens with zero attached hydrogens (tertiary/aromatic N) is 1. The molecule has 0 atom stereocenters. The average molecular weight is 331 g/mol. The normalized spacial score (nSPS) is 10.5. The topological polar surface area (TPSA) is 33.1 Å². The van der Waals surface area contributed by atoms with Crippen LogP contribution in [0.5, 0.6) is 0 Å². The van der Waals surface area contributed by atoms with E-state index in [4.69, 9.17) is 16.7 Å². The molecule has 17 heavy (non-hydrogen) atoms. The second-order valence-electron chi connectivity index (χ2n) is 3.33. The lowest BCUT2D eigenvalue weighted by molar-refractivity contribution is 0.282. The summed E-state index contributed by atoms with van der Waals surface area (Å²) in [6, 6.07) is 9.46. The predicted molar refractivity (Wildman–Crippen MR) is 73.4 cm³/mol. The first kappa shape index (κ1) is 12.9. The third-order valence-corrected chi connectivity index (χ3v) is 3.88. The zero-order chi connectivity index (χ0) is 12.3. The Morgan fingerprint density at radius 2 is 2.12 bits per heavy atom. The predicted octanol–water partition coefficient (Wildman–Crippen LogP) is 4.14. The minimum absolute atomic E-state index is 0.0414. The quantitative estimate of drug-likeness (QED) is 0.918. The summed E-state index contributed by atoms with van der Waals surface area (Å²) < 4.78 is 0.954. The molecule has 1 aromatic carbocycles. The third kappa shape index (κ3) is 3.45. The molecular formula is C12H9BrClNOS. The number of pyridine rings is 1. The number of aromatic nitrogens is 1. The van der Waals surface area contributed by atoms with Gasteiger partial charge in [0.15, 0.2) is 0 Å². The molecule has 1 aromatic heterocycles. The molecule has 0 aliphatic rings. The molecule has 0 bridgehead atoms. The van der Waals surface area contributed by atoms with Crippen molar-refractivity contribution in [2.75, 3.05) is 0 Å². The van der Waals surface area contributed by atoms with Gasteiger partial charge in [-0.3, -0.25) is 0 Å². The molecule has 2 rings (SSSR count). The average Bonchev–Trinajstić information content (AvgIpc) is 2.32. The van der Waals surface area contributed by atoms with Gasteiger partial charge in [-0.15, -0.1) is 0 Å². The van der Waals surface area contributed by atoms with E-state index in [1.807, 2.05) is 30.3 Å². The number of aliphatic hydroxyl groups excluding tert-OH is 1. The molecule has 2 aromatic rings. The van der Waals surface area contributed by atoms with E-state index >= 15 is 0 Å². The lowest BCUT2D eigenvalue weighted by Gasteiger charge is -2.04. The molecule has 0 aliphatic heterocycles. The summed E-state index contributed by atoms with van der Waals surface area (Å²) in [6.45, 7) is -0.0414. The highest BCUT2D eigenvalue weighted by Gasteiger charge is 2.03. The highest BCUT2D eigenvalue weighted by Crippen LogP contribution is 2.30. The highest BCUT2D eigenvalue weighted by molar-refractivity contribution is 9.10. The van der Waals surface area contributed by atoms with Crippen LogP contribution in [0.1, 0.15) is 5.56 Å². The Labute approximate surface area is 117 Å². The Kier molecular flexibility index (Phi) is 4.45. The molecular weight excluding hydrogens is 322 g/mol. The van der Waals surface area contributed by atoms with E-state index in [-0.39, 0.29) is 6.61 Å². The summed E-state index contributed by atoms with van der Waals surface area (Å²) in [4.78, 5) is 5.27. The number of rotatable bonds is 3. The van der Waals surface area contributed by atoms with Crippen LogP contribution < -0.4 is 0 Å². The van der Waals surface area contributed by atoms with Gasteiger partial charge in [-0.25, -0.2) is 4.98 Å². The van der Waals surface area contributed by atoms with Gasteiger partial charge in [0.05, 0.1) is 6.61 Å². The van der Waals surface area contributed by atoms with Crippen LogP contribution in [0.25, 0.3) is 0 Å². The maximum absolute atomic E-state index is 9.02. The van der Waals surface area contributed by atoms with Gasteiger partial charge in [0.1, 0.15) is 5.03 Å². The van der Waals surface area contributed by atoms with E-state index in [1.165, 1.54) is 11.8 Å². The lowest BCUT2D eigenvalue weighted by atomic mass is 10.2. The highest BCUT2D eigenvalue weighted by atomic mass is 79.9. The molecule has 0 unspecified atom stereocenters. The van der Waals surface area contributed by atoms with Crippen LogP contribution in [0, 0.1) is 0 Å². The first-order valence-corrected chi connectivity index (χ1v) is 6.86. The van der Waals surface area contributed by atoms with Crippen LogP contribution in [0.3, 0.4) is 0 Å². The van der Waals surface area contributed by atoms with Crippen LogP contribution in [0.2, 0.25) is 5.02 Å². The maximum atomic E-state index is 9.02. The van der Waals surface area contributed by atoms with Crippen LogP contribution in [-0.4, -0.2) is 10.1 Å². The van der Waals surface area contributed by atoms with Gasteiger partial charge in [0.2, 0.25) is 0 Å². The monoisotopic (exact) mass is 329 g/mol. The molecule has 0 amide bonds. The van der Waals surface area contributed by atoms with Gasteiger partial charge in [0.25, 0.3) is 0 Å². The van der Waals surface area contributed by atoms with Crippen LogP contribution >= 0.6 is 39.3 Å². The van der Waals surface area contributed by atoms with Crippen molar-refractivity contribution < 1.29 is 5.11 Å². The Balaban J connectivity index is 2.19. The summed E-state index contributed by atoms with van der Waals surface area (Å²) in [5.41, 5.74) is 0.736. The lowest BCUT2D eigenvalue weighted by Crippen LogP contribution is -1.85. The van der Waals surface area contributed by atoms with E-state index in [2.05, 4.69) is 20.9 Å². The standard InChI is InChI=1S/C12H9BrClNOS/c13-9-2-4-12(15-6-9)17-10-3-1-8(7-16)11(14)5-10/h1-6,16H,7H2. The number of benzene rings is 1. The zero-order valence-corrected chi connectivity index (χ0v) is 11.9. The third-order valence-electron chi connectivity index (χ3n) is 2.12. The molecule has 1 N–H and O–H groups in total. The Morgan fingerprint density at radius 1 is 1.29 bits per heavy atom. The fourth-order valence-corrected chi connectivity index (χ4v) is 2.60. The van der Waals surface area contributed by atoms with Gasteiger partial charge in [-0.05, 0) is 45.8 Å². The second kappa shape index (κ2) is 5.87. The van der Waals surface area contributed by atoms with Gasteiger partial charge in [-0.1, -0.05) is 29.4 Å². The molecule has 0 radical (unpaired) electrons. The van der Waals surface area contributed by atoms with Crippen molar-refractivity contribution in [2.24, 2.45) is 0 Å². The molecule has 88 valence electrons. The van der Waals surface area contributed by atoms with E-state index in [9.17, 15) is 0 Å². The van der Waals surface area contributed by atoms with Crippen molar-refractivity contribution in [3.05, 3.63) is 51.6 Å². The molecule has 2 nitrogen and oxygen atoms in total. The molecule has 5 heteroatoms. The van der Waals surface area contributed by atoms with Gasteiger partial charge in [-0.2, -0.15) is 0 Å². The number of aliphatic hydroxyl groups is 1. The number of hydrogen-bond donors (Lipinski definition) is 1. The van der Waals surface area contributed by atoms with E-state index < -0.39 is 0 Å². The maximum Gasteiger partial charge on any atom is 0.101 e. The number of halogens is 2. The van der Waals surface area contributed by atoms with Gasteiger partial charge >= 0.3 is 0 Å². The Morgan fingerprint density at radius 3 is 2.71 bits per heavy atom. The van der Waals surface area contributed by atoms with E-state index in [0.29, 0.717) is 5.02 Å². The first-order chi connectivity index (χ1) is 8.19. The fourth-order valence-electron chi connectivity index (χ4n) is 1.26. The van der Waals surface area contributed by atoms with Crippen molar-refractivity contribution in [2.45, 2.75) is 16.5 Å². The SMILES string of the molecule is OCc1ccc(Sc2ccc(Br)cn2)cc1Cl. The van der Waals surface area contributed by atoms with Crippen molar-refractivity contribution in [1.29, 1.82) is 0 Å². The van der Waals surface area contributed by atoms with Crippen LogP contribution in [-0.2, 0) is 6.61 Å². The summed E-state index contributed by atoms with van der Waals surface area (Å²) in [5.74, 6) is 0. The minimum Gasteiger partial charge on any atom is -0.392 e. The van der Waals surface area contributed by atoms with Crippen molar-refractivity contribution >= 4 is 39.3 Å². The Hall–Kier alpha value is -0.550. The summed E-state index contributed by atoms with van der Waals surface area (Å²) in [6.07, 6.45) is 1.76. The van der Waals surface area contributed by atoms with Gasteiger partial charge < -0.3 is 5.11 Å². The van der Waals surface area contributed by atoms with Crippen molar-refractivity contribution in [1.82, 2.24) is 4.98 Å². The summed E-state index contributed by atoms with van der Waals surface area (Å²) in [5, 5.41) is 10.5. The number of hydrogen-bond acceptors (Lipinski definition) is 3. The van der Waals surface area contributed by atoms with Crippen molar-refractivity contribution in [3.8, 4) is 0 Å². The molecule has 0 fully saturated rings. The fraction of sp³-hybridized carbons (Fsp3) is 0.0833. The van der Waals surface area contributed by atoms with Crippen molar-refractivity contribution in [3.63, 3.8) is 0 Å². The van der Waals surface area contributed by atoms with Crippen LogP contribution in [0.4, 0.5) is 0 Å².